The molecule has 0 aliphatic carbocycles. The maximum Gasteiger partial charge on any atom is 0.262 e. The van der Waals surface area contributed by atoms with E-state index in [9.17, 15) is 13.2 Å². The van der Waals surface area contributed by atoms with Crippen molar-refractivity contribution in [1.82, 2.24) is 23.4 Å². The van der Waals surface area contributed by atoms with Gasteiger partial charge in [-0.15, -0.1) is 11.3 Å². The Hall–Kier alpha value is -2.56. The van der Waals surface area contributed by atoms with E-state index in [4.69, 9.17) is 4.98 Å². The molecule has 1 fully saturated rings. The predicted octanol–water partition coefficient (Wildman–Crippen LogP) is 3.05. The molecule has 3 aromatic heterocycles. The van der Waals surface area contributed by atoms with Crippen LogP contribution in [-0.2, 0) is 23.1 Å². The van der Waals surface area contributed by atoms with Crippen LogP contribution >= 0.6 is 11.3 Å². The van der Waals surface area contributed by atoms with Crippen molar-refractivity contribution in [2.75, 3.05) is 13.1 Å². The monoisotopic (exact) mass is 457 g/mol. The van der Waals surface area contributed by atoms with Gasteiger partial charge in [0.2, 0.25) is 10.0 Å². The molecule has 0 atom stereocenters. The van der Waals surface area contributed by atoms with Gasteiger partial charge in [-0.05, 0) is 49.4 Å². The van der Waals surface area contributed by atoms with E-state index in [0.717, 1.165) is 29.6 Å². The number of hydrogen-bond acceptors (Lipinski definition) is 6. The van der Waals surface area contributed by atoms with E-state index in [2.05, 4.69) is 4.98 Å². The molecule has 1 aromatic carbocycles. The molecule has 0 bridgehead atoms. The number of piperidine rings is 1. The normalized spacial score (nSPS) is 15.8. The molecule has 0 amide bonds. The molecule has 0 radical (unpaired) electrons. The van der Waals surface area contributed by atoms with Gasteiger partial charge in [0.25, 0.3) is 5.56 Å². The standard InChI is InChI=1S/C21H23N5O3S2/c1-2-26-18-7-6-15(31(28,29)25-9-4-3-5-10-25)12-17(18)23-19(26)13-24-14-22-20-16(21(24)27)8-11-30-20/h6-8,11-12,14H,2-5,9-10,13H2,1H3. The first-order chi connectivity index (χ1) is 15.0. The second-order valence-corrected chi connectivity index (χ2v) is 10.5. The Kier molecular flexibility index (Phi) is 5.15. The van der Waals surface area contributed by atoms with Gasteiger partial charge in [-0.3, -0.25) is 9.36 Å². The average Bonchev–Trinajstić information content (AvgIpc) is 3.40. The summed E-state index contributed by atoms with van der Waals surface area (Å²) in [5.41, 5.74) is 1.37. The number of thiophene rings is 1. The van der Waals surface area contributed by atoms with E-state index in [1.54, 1.807) is 33.4 Å². The number of imidazole rings is 1. The maximum absolute atomic E-state index is 13.1. The molecule has 1 aliphatic heterocycles. The first kappa shape index (κ1) is 20.3. The zero-order valence-electron chi connectivity index (χ0n) is 17.2. The number of benzene rings is 1. The van der Waals surface area contributed by atoms with E-state index in [1.165, 1.54) is 11.3 Å². The van der Waals surface area contributed by atoms with Crippen molar-refractivity contribution in [2.24, 2.45) is 0 Å². The lowest BCUT2D eigenvalue weighted by Crippen LogP contribution is -2.35. The topological polar surface area (TPSA) is 90.1 Å². The third-order valence-electron chi connectivity index (χ3n) is 5.83. The van der Waals surface area contributed by atoms with Gasteiger partial charge in [-0.25, -0.2) is 18.4 Å². The third-order valence-corrected chi connectivity index (χ3v) is 8.55. The molecule has 0 spiro atoms. The summed E-state index contributed by atoms with van der Waals surface area (Å²) < 4.78 is 31.3. The van der Waals surface area contributed by atoms with Crippen LogP contribution in [0.1, 0.15) is 32.0 Å². The highest BCUT2D eigenvalue weighted by molar-refractivity contribution is 7.89. The molecule has 1 aliphatic rings. The number of nitrogens with zero attached hydrogens (tertiary/aromatic N) is 5. The van der Waals surface area contributed by atoms with Crippen LogP contribution in [-0.4, -0.2) is 44.9 Å². The van der Waals surface area contributed by atoms with Crippen LogP contribution in [0.2, 0.25) is 0 Å². The summed E-state index contributed by atoms with van der Waals surface area (Å²) in [6.45, 7) is 4.07. The van der Waals surface area contributed by atoms with Crippen molar-refractivity contribution in [3.05, 3.63) is 52.2 Å². The third kappa shape index (κ3) is 3.48. The van der Waals surface area contributed by atoms with Crippen LogP contribution in [0.3, 0.4) is 0 Å². The fourth-order valence-corrected chi connectivity index (χ4v) is 6.47. The number of aromatic nitrogens is 4. The number of sulfonamides is 1. The quantitative estimate of drug-likeness (QED) is 0.459. The minimum Gasteiger partial charge on any atom is -0.327 e. The number of fused-ring (bicyclic) bond motifs is 2. The predicted molar refractivity (Wildman–Crippen MR) is 121 cm³/mol. The molecule has 31 heavy (non-hydrogen) atoms. The fourth-order valence-electron chi connectivity index (χ4n) is 4.21. The molecule has 0 unspecified atom stereocenters. The van der Waals surface area contributed by atoms with Gasteiger partial charge >= 0.3 is 0 Å². The van der Waals surface area contributed by atoms with Crippen molar-refractivity contribution in [2.45, 2.75) is 44.2 Å². The molecular formula is C21H23N5O3S2. The van der Waals surface area contributed by atoms with Crippen LogP contribution < -0.4 is 5.56 Å². The lowest BCUT2D eigenvalue weighted by atomic mass is 10.2. The zero-order valence-corrected chi connectivity index (χ0v) is 18.8. The SMILES string of the molecule is CCn1c(Cn2cnc3sccc3c2=O)nc2cc(S(=O)(=O)N3CCCCC3)ccc21. The van der Waals surface area contributed by atoms with Crippen LogP contribution in [0.25, 0.3) is 21.3 Å². The number of rotatable bonds is 5. The lowest BCUT2D eigenvalue weighted by molar-refractivity contribution is 0.346. The number of aryl methyl sites for hydroxylation is 1. The van der Waals surface area contributed by atoms with Crippen LogP contribution in [0.15, 0.2) is 45.7 Å². The largest absolute Gasteiger partial charge is 0.327 e. The highest BCUT2D eigenvalue weighted by atomic mass is 32.2. The van der Waals surface area contributed by atoms with Gasteiger partial charge < -0.3 is 4.57 Å². The molecule has 0 N–H and O–H groups in total. The Morgan fingerprint density at radius 2 is 1.94 bits per heavy atom. The van der Waals surface area contributed by atoms with Crippen molar-refractivity contribution in [3.8, 4) is 0 Å². The maximum atomic E-state index is 13.1. The Morgan fingerprint density at radius 3 is 2.71 bits per heavy atom. The molecule has 8 nitrogen and oxygen atoms in total. The number of hydrogen-bond donors (Lipinski definition) is 0. The molecule has 0 saturated carbocycles. The highest BCUT2D eigenvalue weighted by Gasteiger charge is 2.26. The second kappa shape index (κ2) is 7.85. The Bertz CT molecular complexity index is 1430. The smallest absolute Gasteiger partial charge is 0.262 e. The molecule has 162 valence electrons. The van der Waals surface area contributed by atoms with E-state index >= 15 is 0 Å². The highest BCUT2D eigenvalue weighted by Crippen LogP contribution is 2.25. The Labute approximate surface area is 183 Å². The molecule has 4 heterocycles. The second-order valence-electron chi connectivity index (χ2n) is 7.70. The molecule has 5 rings (SSSR count). The summed E-state index contributed by atoms with van der Waals surface area (Å²) in [6.07, 6.45) is 4.41. The minimum atomic E-state index is -3.53. The van der Waals surface area contributed by atoms with Crippen molar-refractivity contribution >= 4 is 42.6 Å². The van der Waals surface area contributed by atoms with Gasteiger partial charge in [0.1, 0.15) is 10.7 Å². The van der Waals surface area contributed by atoms with E-state index in [-0.39, 0.29) is 17.0 Å². The average molecular weight is 458 g/mol. The van der Waals surface area contributed by atoms with E-state index in [1.807, 2.05) is 22.9 Å². The van der Waals surface area contributed by atoms with Gasteiger partial charge in [-0.2, -0.15) is 4.31 Å². The van der Waals surface area contributed by atoms with E-state index < -0.39 is 10.0 Å². The van der Waals surface area contributed by atoms with Crippen molar-refractivity contribution in [3.63, 3.8) is 0 Å². The summed E-state index contributed by atoms with van der Waals surface area (Å²) in [4.78, 5) is 22.8. The zero-order chi connectivity index (χ0) is 21.6. The summed E-state index contributed by atoms with van der Waals surface area (Å²) in [5.74, 6) is 0.698. The summed E-state index contributed by atoms with van der Waals surface area (Å²) in [6, 6.07) is 6.91. The van der Waals surface area contributed by atoms with Crippen LogP contribution in [0.4, 0.5) is 0 Å². The fraction of sp³-hybridized carbons (Fsp3) is 0.381. The Morgan fingerprint density at radius 1 is 1.13 bits per heavy atom. The minimum absolute atomic E-state index is 0.102. The lowest BCUT2D eigenvalue weighted by Gasteiger charge is -2.25. The molecule has 10 heteroatoms. The van der Waals surface area contributed by atoms with Crippen LogP contribution in [0.5, 0.6) is 0 Å². The van der Waals surface area contributed by atoms with Gasteiger partial charge in [0.05, 0.1) is 34.2 Å². The van der Waals surface area contributed by atoms with Crippen molar-refractivity contribution < 1.29 is 8.42 Å². The molecule has 4 aromatic rings. The first-order valence-electron chi connectivity index (χ1n) is 10.4. The van der Waals surface area contributed by atoms with Crippen molar-refractivity contribution in [1.29, 1.82) is 0 Å². The van der Waals surface area contributed by atoms with E-state index in [0.29, 0.717) is 36.4 Å². The van der Waals surface area contributed by atoms with Gasteiger partial charge in [0, 0.05) is 19.6 Å². The van der Waals surface area contributed by atoms with Gasteiger partial charge in [-0.1, -0.05) is 6.42 Å². The molecule has 1 saturated heterocycles. The first-order valence-corrected chi connectivity index (χ1v) is 12.7. The van der Waals surface area contributed by atoms with Crippen LogP contribution in [0, 0.1) is 0 Å². The summed E-state index contributed by atoms with van der Waals surface area (Å²) >= 11 is 1.44. The molecular weight excluding hydrogens is 434 g/mol. The summed E-state index contributed by atoms with van der Waals surface area (Å²) in [5, 5.41) is 2.45. The van der Waals surface area contributed by atoms with Gasteiger partial charge in [0.15, 0.2) is 0 Å². The Balaban J connectivity index is 1.55. The summed E-state index contributed by atoms with van der Waals surface area (Å²) in [7, 11) is -3.53.